The quantitative estimate of drug-likeness (QED) is 0.905. The minimum Gasteiger partial charge on any atom is -0.494 e. The molecule has 1 fully saturated rings. The van der Waals surface area contributed by atoms with Crippen LogP contribution in [0.3, 0.4) is 0 Å². The summed E-state index contributed by atoms with van der Waals surface area (Å²) in [5, 5.41) is 6.23. The molecule has 5 nitrogen and oxygen atoms in total. The van der Waals surface area contributed by atoms with Crippen molar-refractivity contribution in [1.29, 1.82) is 0 Å². The van der Waals surface area contributed by atoms with E-state index in [1.165, 1.54) is 0 Å². The Kier molecular flexibility index (Phi) is 5.48. The highest BCUT2D eigenvalue weighted by atomic mass is 32.1. The summed E-state index contributed by atoms with van der Waals surface area (Å²) in [5.74, 6) is 1.02. The van der Waals surface area contributed by atoms with Gasteiger partial charge < -0.3 is 15.0 Å². The first-order chi connectivity index (χ1) is 11.7. The third-order valence-corrected chi connectivity index (χ3v) is 5.06. The van der Waals surface area contributed by atoms with Gasteiger partial charge in [0.15, 0.2) is 0 Å². The van der Waals surface area contributed by atoms with Crippen LogP contribution >= 0.6 is 11.3 Å². The van der Waals surface area contributed by atoms with Gasteiger partial charge >= 0.3 is 0 Å². The highest BCUT2D eigenvalue weighted by Crippen LogP contribution is 2.26. The van der Waals surface area contributed by atoms with Gasteiger partial charge in [-0.2, -0.15) is 0 Å². The van der Waals surface area contributed by atoms with Crippen LogP contribution in [-0.4, -0.2) is 48.1 Å². The normalized spacial score (nSPS) is 17.8. The highest BCUT2D eigenvalue weighted by Gasteiger charge is 2.23. The second-order valence-corrected chi connectivity index (χ2v) is 6.78. The van der Waals surface area contributed by atoms with Crippen molar-refractivity contribution in [3.05, 3.63) is 35.3 Å². The number of carbonyl (C=O) groups excluding carboxylic acids is 1. The van der Waals surface area contributed by atoms with Crippen LogP contribution in [0, 0.1) is 0 Å². The van der Waals surface area contributed by atoms with E-state index in [0.717, 1.165) is 41.6 Å². The molecule has 1 aromatic heterocycles. The molecule has 0 bridgehead atoms. The van der Waals surface area contributed by atoms with Gasteiger partial charge in [-0.3, -0.25) is 4.79 Å². The van der Waals surface area contributed by atoms with Crippen molar-refractivity contribution in [2.45, 2.75) is 26.3 Å². The van der Waals surface area contributed by atoms with Crippen LogP contribution in [-0.2, 0) is 11.2 Å². The van der Waals surface area contributed by atoms with Crippen molar-refractivity contribution in [1.82, 2.24) is 15.2 Å². The maximum Gasteiger partial charge on any atom is 0.228 e. The lowest BCUT2D eigenvalue weighted by atomic mass is 10.2. The Balaban J connectivity index is 1.65. The van der Waals surface area contributed by atoms with Crippen LogP contribution in [0.2, 0.25) is 0 Å². The molecule has 1 amide bonds. The van der Waals surface area contributed by atoms with Gasteiger partial charge in [0.1, 0.15) is 10.8 Å². The molecule has 0 radical (unpaired) electrons. The van der Waals surface area contributed by atoms with E-state index >= 15 is 0 Å². The fourth-order valence-corrected chi connectivity index (χ4v) is 3.68. The number of nitrogens with one attached hydrogen (secondary N) is 1. The zero-order valence-electron chi connectivity index (χ0n) is 14.1. The Bertz CT molecular complexity index is 684. The largest absolute Gasteiger partial charge is 0.494 e. The topological polar surface area (TPSA) is 54.5 Å². The van der Waals surface area contributed by atoms with E-state index in [9.17, 15) is 4.79 Å². The molecule has 0 unspecified atom stereocenters. The lowest BCUT2D eigenvalue weighted by Gasteiger charge is -2.33. The second kappa shape index (κ2) is 7.77. The van der Waals surface area contributed by atoms with E-state index < -0.39 is 0 Å². The van der Waals surface area contributed by atoms with Crippen LogP contribution in [0.25, 0.3) is 10.6 Å². The first-order valence-corrected chi connectivity index (χ1v) is 9.23. The van der Waals surface area contributed by atoms with Crippen LogP contribution in [0.5, 0.6) is 5.75 Å². The van der Waals surface area contributed by atoms with Crippen molar-refractivity contribution in [3.63, 3.8) is 0 Å². The number of benzene rings is 1. The van der Waals surface area contributed by atoms with E-state index in [2.05, 4.69) is 17.2 Å². The standard InChI is InChI=1S/C18H23N3O2S/c1-3-23-16-6-4-14(5-7-16)18-20-15(12-24-18)10-17(22)21-9-8-19-11-13(21)2/h4-7,12-13,19H,3,8-11H2,1-2H3/t13-/m0/s1. The van der Waals surface area contributed by atoms with Gasteiger partial charge in [0.05, 0.1) is 18.7 Å². The Morgan fingerprint density at radius 3 is 2.92 bits per heavy atom. The third-order valence-electron chi connectivity index (χ3n) is 4.12. The summed E-state index contributed by atoms with van der Waals surface area (Å²) in [6, 6.07) is 8.17. The summed E-state index contributed by atoms with van der Waals surface area (Å²) in [6.07, 6.45) is 0.373. The number of rotatable bonds is 5. The maximum absolute atomic E-state index is 12.5. The van der Waals surface area contributed by atoms with E-state index in [4.69, 9.17) is 4.74 Å². The van der Waals surface area contributed by atoms with Crippen molar-refractivity contribution >= 4 is 17.2 Å². The number of carbonyl (C=O) groups is 1. The van der Waals surface area contributed by atoms with Gasteiger partial charge in [-0.15, -0.1) is 11.3 Å². The van der Waals surface area contributed by atoms with Crippen molar-refractivity contribution in [2.75, 3.05) is 26.2 Å². The average molecular weight is 345 g/mol. The van der Waals surface area contributed by atoms with Crippen molar-refractivity contribution < 1.29 is 9.53 Å². The molecule has 1 N–H and O–H groups in total. The molecule has 1 aliphatic heterocycles. The Hall–Kier alpha value is -1.92. The number of amides is 1. The number of hydrogen-bond donors (Lipinski definition) is 1. The lowest BCUT2D eigenvalue weighted by Crippen LogP contribution is -2.52. The molecule has 128 valence electrons. The minimum atomic E-state index is 0.160. The number of aromatic nitrogens is 1. The SMILES string of the molecule is CCOc1ccc(-c2nc(CC(=O)N3CCNC[C@@H]3C)cs2)cc1. The summed E-state index contributed by atoms with van der Waals surface area (Å²) in [7, 11) is 0. The third kappa shape index (κ3) is 3.94. The summed E-state index contributed by atoms with van der Waals surface area (Å²) in [6.45, 7) is 7.21. The van der Waals surface area contributed by atoms with Crippen LogP contribution in [0.4, 0.5) is 0 Å². The molecule has 1 atom stereocenters. The molecule has 6 heteroatoms. The molecule has 1 saturated heterocycles. The Morgan fingerprint density at radius 2 is 2.21 bits per heavy atom. The molecule has 1 aliphatic rings. The molecule has 3 rings (SSSR count). The smallest absolute Gasteiger partial charge is 0.228 e. The van der Waals surface area contributed by atoms with Gasteiger partial charge in [-0.1, -0.05) is 0 Å². The molecule has 24 heavy (non-hydrogen) atoms. The van der Waals surface area contributed by atoms with E-state index in [1.54, 1.807) is 11.3 Å². The molecular formula is C18H23N3O2S. The predicted molar refractivity (Wildman–Crippen MR) is 96.5 cm³/mol. The maximum atomic E-state index is 12.5. The molecule has 1 aromatic carbocycles. The number of hydrogen-bond acceptors (Lipinski definition) is 5. The fraction of sp³-hybridized carbons (Fsp3) is 0.444. The molecule has 2 heterocycles. The van der Waals surface area contributed by atoms with Crippen LogP contribution < -0.4 is 10.1 Å². The van der Waals surface area contributed by atoms with Crippen molar-refractivity contribution in [2.24, 2.45) is 0 Å². The van der Waals surface area contributed by atoms with Gasteiger partial charge in [0.25, 0.3) is 0 Å². The van der Waals surface area contributed by atoms with Crippen LogP contribution in [0.1, 0.15) is 19.5 Å². The monoisotopic (exact) mass is 345 g/mol. The molecule has 0 spiro atoms. The highest BCUT2D eigenvalue weighted by molar-refractivity contribution is 7.13. The van der Waals surface area contributed by atoms with Gasteiger partial charge in [0.2, 0.25) is 5.91 Å². The zero-order chi connectivity index (χ0) is 16.9. The predicted octanol–water partition coefficient (Wildman–Crippen LogP) is 2.57. The fourth-order valence-electron chi connectivity index (χ4n) is 2.85. The molecule has 0 saturated carbocycles. The molecule has 0 aliphatic carbocycles. The minimum absolute atomic E-state index is 0.160. The van der Waals surface area contributed by atoms with E-state index in [0.29, 0.717) is 13.0 Å². The number of piperazine rings is 1. The zero-order valence-corrected chi connectivity index (χ0v) is 14.9. The first kappa shape index (κ1) is 16.9. The number of thiazole rings is 1. The Morgan fingerprint density at radius 1 is 1.42 bits per heavy atom. The van der Waals surface area contributed by atoms with E-state index in [-0.39, 0.29) is 11.9 Å². The summed E-state index contributed by atoms with van der Waals surface area (Å²) in [5.41, 5.74) is 1.90. The number of nitrogens with zero attached hydrogens (tertiary/aromatic N) is 2. The summed E-state index contributed by atoms with van der Waals surface area (Å²) >= 11 is 1.58. The Labute approximate surface area is 146 Å². The van der Waals surface area contributed by atoms with Crippen LogP contribution in [0.15, 0.2) is 29.6 Å². The van der Waals surface area contributed by atoms with Crippen molar-refractivity contribution in [3.8, 4) is 16.3 Å². The molecular weight excluding hydrogens is 322 g/mol. The van der Waals surface area contributed by atoms with Gasteiger partial charge in [-0.05, 0) is 38.1 Å². The first-order valence-electron chi connectivity index (χ1n) is 8.35. The second-order valence-electron chi connectivity index (χ2n) is 5.92. The average Bonchev–Trinajstić information content (AvgIpc) is 3.04. The molecule has 2 aromatic rings. The van der Waals surface area contributed by atoms with Gasteiger partial charge in [0, 0.05) is 36.6 Å². The van der Waals surface area contributed by atoms with Gasteiger partial charge in [-0.25, -0.2) is 4.98 Å². The lowest BCUT2D eigenvalue weighted by molar-refractivity contribution is -0.133. The number of ether oxygens (including phenoxy) is 1. The summed E-state index contributed by atoms with van der Waals surface area (Å²) in [4.78, 5) is 19.1. The van der Waals surface area contributed by atoms with E-state index in [1.807, 2.05) is 41.5 Å². The summed E-state index contributed by atoms with van der Waals surface area (Å²) < 4.78 is 5.46.